The number of fused-ring (bicyclic) bond motifs is 8. The monoisotopic (exact) mass is 888 g/mol. The average molecular weight is 889 g/mol. The third-order valence-electron chi connectivity index (χ3n) is 14.5. The van der Waals surface area contributed by atoms with Crippen molar-refractivity contribution in [1.82, 2.24) is 0 Å². The van der Waals surface area contributed by atoms with Crippen LogP contribution in [0.15, 0.2) is 127 Å². The predicted molar refractivity (Wildman–Crippen MR) is 265 cm³/mol. The van der Waals surface area contributed by atoms with E-state index in [1.165, 1.54) is 18.2 Å². The molecule has 1 aliphatic carbocycles. The van der Waals surface area contributed by atoms with Gasteiger partial charge in [-0.1, -0.05) is 84.9 Å². The van der Waals surface area contributed by atoms with Crippen LogP contribution >= 0.6 is 0 Å². The fourth-order valence-electron chi connectivity index (χ4n) is 10.1. The van der Waals surface area contributed by atoms with Crippen molar-refractivity contribution in [3.63, 3.8) is 0 Å². The highest BCUT2D eigenvalue weighted by Gasteiger charge is 2.34. The molecule has 0 saturated heterocycles. The van der Waals surface area contributed by atoms with Crippen molar-refractivity contribution in [2.75, 3.05) is 0 Å². The van der Waals surface area contributed by atoms with E-state index in [1.54, 1.807) is 24.3 Å². The molecule has 338 valence electrons. The van der Waals surface area contributed by atoms with Crippen molar-refractivity contribution in [2.45, 2.75) is 79.1 Å². The molecule has 7 heteroatoms. The number of phenolic OH excluding ortho intramolecular Hbond substituents is 7. The molecule has 8 aromatic rings. The van der Waals surface area contributed by atoms with E-state index in [1.807, 2.05) is 134 Å². The Labute approximate surface area is 392 Å². The van der Waals surface area contributed by atoms with E-state index >= 15 is 0 Å². The number of aryl methyl sites for hydroxylation is 8. The minimum Gasteiger partial charge on any atom is -0.508 e. The van der Waals surface area contributed by atoms with Crippen molar-refractivity contribution in [3.05, 3.63) is 239 Å². The Morgan fingerprint density at radius 3 is 0.716 bits per heavy atom. The number of aromatic hydroxyl groups is 7. The fraction of sp³-hybridized carbons (Fsp3) is 0.200. The topological polar surface area (TPSA) is 142 Å². The molecule has 7 nitrogen and oxygen atoms in total. The lowest BCUT2D eigenvalue weighted by molar-refractivity contribution is 0.433. The highest BCUT2D eigenvalue weighted by Crippen LogP contribution is 2.53. The largest absolute Gasteiger partial charge is 0.508 e. The zero-order valence-corrected chi connectivity index (χ0v) is 39.1. The summed E-state index contributed by atoms with van der Waals surface area (Å²) in [6.07, 6.45) is 0. The minimum absolute atomic E-state index is 0.0297. The lowest BCUT2D eigenvalue weighted by Gasteiger charge is -2.30. The summed E-state index contributed by atoms with van der Waals surface area (Å²) in [6, 6.07) is 38.8. The SMILES string of the molecule is Cc1ccc(C2c3ccc(O)c(c3)C(c3ccc(C)c(C)c3)c3cc(c(O)cc3O)C(c3ccc(C)c(C)c3)c3cc(c(O)cc3O)C(c3ccc(C)c(C)c3)c3cc2c(O)cc3O)cc1C. The van der Waals surface area contributed by atoms with Gasteiger partial charge in [-0.3, -0.25) is 0 Å². The zero-order valence-electron chi connectivity index (χ0n) is 39.1. The Kier molecular flexibility index (Phi) is 11.3. The van der Waals surface area contributed by atoms with Gasteiger partial charge in [-0.05, 0) is 152 Å². The summed E-state index contributed by atoms with van der Waals surface area (Å²) in [7, 11) is 0. The molecule has 0 saturated carbocycles. The lowest BCUT2D eigenvalue weighted by atomic mass is 9.74. The molecule has 4 atom stereocenters. The maximum atomic E-state index is 12.1. The van der Waals surface area contributed by atoms with Crippen LogP contribution in [0.3, 0.4) is 0 Å². The van der Waals surface area contributed by atoms with E-state index in [4.69, 9.17) is 0 Å². The van der Waals surface area contributed by atoms with Crippen LogP contribution in [0.5, 0.6) is 40.2 Å². The molecule has 8 aromatic carbocycles. The molecule has 9 rings (SSSR count). The predicted octanol–water partition coefficient (Wildman–Crippen LogP) is 13.1. The zero-order chi connectivity index (χ0) is 47.7. The number of hydrogen-bond donors (Lipinski definition) is 7. The van der Waals surface area contributed by atoms with Crippen LogP contribution in [0.1, 0.15) is 135 Å². The van der Waals surface area contributed by atoms with Gasteiger partial charge < -0.3 is 35.7 Å². The molecule has 0 aliphatic heterocycles. The Hall–Kier alpha value is -7.64. The van der Waals surface area contributed by atoms with E-state index in [9.17, 15) is 35.7 Å². The highest BCUT2D eigenvalue weighted by atomic mass is 16.3. The van der Waals surface area contributed by atoms with Crippen LogP contribution in [-0.2, 0) is 0 Å². The standard InChI is InChI=1S/C60H56O7/c1-30-9-13-38(19-34(30)5)57-42-17-18-50(61)43(23-42)58(39-14-10-31(2)35(6)20-39)46-25-47(54(65)28-53(46)64)60(41-16-12-33(4)37(8)22-41)49-26-48(55(66)29-56(49)67)59(40-15-11-32(3)36(7)21-40)45-24-44(57)51(62)27-52(45)63/h9-29,57-67H,1-8H3. The minimum atomic E-state index is -0.871. The quantitative estimate of drug-likeness (QED) is 0.0933. The Bertz CT molecular complexity index is 3290. The van der Waals surface area contributed by atoms with Crippen LogP contribution in [-0.4, -0.2) is 35.7 Å². The first-order valence-corrected chi connectivity index (χ1v) is 22.7. The summed E-state index contributed by atoms with van der Waals surface area (Å²) in [5.74, 6) is -4.45. The molecule has 0 spiro atoms. The van der Waals surface area contributed by atoms with Crippen molar-refractivity contribution in [3.8, 4) is 40.2 Å². The lowest BCUT2D eigenvalue weighted by Crippen LogP contribution is -2.13. The van der Waals surface area contributed by atoms with E-state index in [0.717, 1.165) is 66.8 Å². The van der Waals surface area contributed by atoms with Crippen molar-refractivity contribution < 1.29 is 35.7 Å². The van der Waals surface area contributed by atoms with E-state index < -0.39 is 23.7 Å². The summed E-state index contributed by atoms with van der Waals surface area (Å²) < 4.78 is 0. The summed E-state index contributed by atoms with van der Waals surface area (Å²) >= 11 is 0. The van der Waals surface area contributed by atoms with Crippen LogP contribution in [0.2, 0.25) is 0 Å². The second-order valence-corrected chi connectivity index (χ2v) is 18.8. The number of hydrogen-bond acceptors (Lipinski definition) is 7. The van der Waals surface area contributed by atoms with Gasteiger partial charge in [-0.2, -0.15) is 0 Å². The smallest absolute Gasteiger partial charge is 0.123 e. The highest BCUT2D eigenvalue weighted by molar-refractivity contribution is 5.66. The third-order valence-corrected chi connectivity index (χ3v) is 14.5. The van der Waals surface area contributed by atoms with Crippen LogP contribution in [0, 0.1) is 55.4 Å². The van der Waals surface area contributed by atoms with Gasteiger partial charge in [-0.25, -0.2) is 0 Å². The first-order valence-electron chi connectivity index (χ1n) is 22.7. The molecule has 4 unspecified atom stereocenters. The Morgan fingerprint density at radius 2 is 0.433 bits per heavy atom. The molecule has 8 bridgehead atoms. The summed E-state index contributed by atoms with van der Waals surface area (Å²) in [6.45, 7) is 16.1. The van der Waals surface area contributed by atoms with Gasteiger partial charge >= 0.3 is 0 Å². The van der Waals surface area contributed by atoms with Gasteiger partial charge in [-0.15, -0.1) is 0 Å². The maximum Gasteiger partial charge on any atom is 0.123 e. The summed E-state index contributed by atoms with van der Waals surface area (Å²) in [5, 5.41) is 85.0. The maximum absolute atomic E-state index is 12.1. The van der Waals surface area contributed by atoms with Crippen LogP contribution < -0.4 is 0 Å². The fourth-order valence-corrected chi connectivity index (χ4v) is 10.1. The second kappa shape index (κ2) is 17.0. The van der Waals surface area contributed by atoms with Gasteiger partial charge in [0.15, 0.2) is 0 Å². The van der Waals surface area contributed by atoms with Crippen molar-refractivity contribution >= 4 is 0 Å². The molecule has 0 fully saturated rings. The normalized spacial score (nSPS) is 16.8. The molecule has 67 heavy (non-hydrogen) atoms. The molecule has 0 amide bonds. The van der Waals surface area contributed by atoms with Gasteiger partial charge in [0.25, 0.3) is 0 Å². The molecular formula is C60H56O7. The molecule has 0 heterocycles. The summed E-state index contributed by atoms with van der Waals surface area (Å²) in [5.41, 5.74) is 14.8. The van der Waals surface area contributed by atoms with Gasteiger partial charge in [0.2, 0.25) is 0 Å². The van der Waals surface area contributed by atoms with Crippen molar-refractivity contribution in [2.24, 2.45) is 0 Å². The van der Waals surface area contributed by atoms with Gasteiger partial charge in [0.05, 0.1) is 0 Å². The number of rotatable bonds is 4. The van der Waals surface area contributed by atoms with Gasteiger partial charge in [0, 0.05) is 80.8 Å². The average Bonchev–Trinajstić information content (AvgIpc) is 3.27. The number of benzene rings is 8. The molecular weight excluding hydrogens is 833 g/mol. The molecule has 0 aromatic heterocycles. The van der Waals surface area contributed by atoms with E-state index in [-0.39, 0.29) is 40.2 Å². The van der Waals surface area contributed by atoms with Crippen LogP contribution in [0.25, 0.3) is 0 Å². The Balaban J connectivity index is 1.48. The molecule has 7 N–H and O–H groups in total. The van der Waals surface area contributed by atoms with Crippen LogP contribution in [0.4, 0.5) is 0 Å². The van der Waals surface area contributed by atoms with Crippen molar-refractivity contribution in [1.29, 1.82) is 0 Å². The first-order chi connectivity index (χ1) is 31.9. The van der Waals surface area contributed by atoms with Gasteiger partial charge in [0.1, 0.15) is 40.2 Å². The second-order valence-electron chi connectivity index (χ2n) is 18.8. The summed E-state index contributed by atoms with van der Waals surface area (Å²) in [4.78, 5) is 0. The molecule has 1 aliphatic rings. The Morgan fingerprint density at radius 1 is 0.209 bits per heavy atom. The molecule has 0 radical (unpaired) electrons. The van der Waals surface area contributed by atoms with E-state index in [2.05, 4.69) is 6.07 Å². The third kappa shape index (κ3) is 7.88. The van der Waals surface area contributed by atoms with E-state index in [0.29, 0.717) is 44.5 Å². The first kappa shape index (κ1) is 44.6. The number of phenols is 7.